The minimum absolute atomic E-state index is 0.149. The monoisotopic (exact) mass is 447 g/mol. The number of aromatic nitrogens is 2. The van der Waals surface area contributed by atoms with E-state index in [1.165, 1.54) is 6.20 Å². The van der Waals surface area contributed by atoms with Gasteiger partial charge in [0.1, 0.15) is 11.2 Å². The Hall–Kier alpha value is -2.90. The fourth-order valence-electron chi connectivity index (χ4n) is 2.87. The average Bonchev–Trinajstić information content (AvgIpc) is 2.71. The van der Waals surface area contributed by atoms with E-state index in [4.69, 9.17) is 27.9 Å². The number of hydrogen-bond donors (Lipinski definition) is 1. The zero-order valence-corrected chi connectivity index (χ0v) is 17.9. The van der Waals surface area contributed by atoms with Gasteiger partial charge in [0, 0.05) is 35.0 Å². The Morgan fingerprint density at radius 1 is 1.20 bits per heavy atom. The molecule has 7 nitrogen and oxygen atoms in total. The van der Waals surface area contributed by atoms with E-state index in [0.29, 0.717) is 33.2 Å². The number of benzene rings is 1. The molecule has 0 saturated heterocycles. The summed E-state index contributed by atoms with van der Waals surface area (Å²) in [7, 11) is 0. The van der Waals surface area contributed by atoms with Crippen molar-refractivity contribution in [3.05, 3.63) is 73.6 Å². The molecule has 1 N–H and O–H groups in total. The summed E-state index contributed by atoms with van der Waals surface area (Å²) in [6.07, 6.45) is 1.41. The van der Waals surface area contributed by atoms with E-state index in [0.717, 1.165) is 5.69 Å². The largest absolute Gasteiger partial charge is 0.452 e. The molecule has 0 spiro atoms. The van der Waals surface area contributed by atoms with Gasteiger partial charge in [-0.05, 0) is 43.7 Å². The SMILES string of the molecule is CCn1cc(C(=O)OCC(=O)NCc2ccc(Cl)cc2Cl)c(=O)c2ccc(C)nc21. The number of esters is 1. The Morgan fingerprint density at radius 3 is 2.67 bits per heavy atom. The number of rotatable bonds is 6. The molecule has 0 aliphatic carbocycles. The molecule has 0 unspecified atom stereocenters. The molecule has 156 valence electrons. The third-order valence-corrected chi connectivity index (χ3v) is 5.03. The summed E-state index contributed by atoms with van der Waals surface area (Å²) in [5.74, 6) is -1.40. The number of aryl methyl sites for hydroxylation is 2. The van der Waals surface area contributed by atoms with Gasteiger partial charge in [-0.2, -0.15) is 0 Å². The van der Waals surface area contributed by atoms with Gasteiger partial charge in [0.25, 0.3) is 5.91 Å². The van der Waals surface area contributed by atoms with E-state index in [-0.39, 0.29) is 12.1 Å². The zero-order valence-electron chi connectivity index (χ0n) is 16.4. The molecule has 2 aromatic heterocycles. The predicted molar refractivity (Wildman–Crippen MR) is 115 cm³/mol. The van der Waals surface area contributed by atoms with Gasteiger partial charge in [-0.25, -0.2) is 9.78 Å². The molecule has 0 atom stereocenters. The molecule has 30 heavy (non-hydrogen) atoms. The maximum absolute atomic E-state index is 12.7. The number of nitrogens with one attached hydrogen (secondary N) is 1. The number of carbonyl (C=O) groups excluding carboxylic acids is 2. The Balaban J connectivity index is 1.69. The zero-order chi connectivity index (χ0) is 21.8. The highest BCUT2D eigenvalue weighted by molar-refractivity contribution is 6.35. The third-order valence-electron chi connectivity index (χ3n) is 4.45. The van der Waals surface area contributed by atoms with Gasteiger partial charge in [0.15, 0.2) is 6.61 Å². The highest BCUT2D eigenvalue weighted by atomic mass is 35.5. The van der Waals surface area contributed by atoms with Crippen molar-refractivity contribution >= 4 is 46.1 Å². The highest BCUT2D eigenvalue weighted by Gasteiger charge is 2.18. The lowest BCUT2D eigenvalue weighted by Gasteiger charge is -2.11. The van der Waals surface area contributed by atoms with Crippen LogP contribution in [0.2, 0.25) is 10.0 Å². The van der Waals surface area contributed by atoms with Crippen LogP contribution >= 0.6 is 23.2 Å². The van der Waals surface area contributed by atoms with Gasteiger partial charge >= 0.3 is 5.97 Å². The topological polar surface area (TPSA) is 90.3 Å². The van der Waals surface area contributed by atoms with Crippen molar-refractivity contribution in [2.45, 2.75) is 26.9 Å². The van der Waals surface area contributed by atoms with Crippen LogP contribution in [0, 0.1) is 6.92 Å². The average molecular weight is 448 g/mol. The first kappa shape index (κ1) is 21.8. The summed E-state index contributed by atoms with van der Waals surface area (Å²) in [6.45, 7) is 3.83. The molecule has 0 bridgehead atoms. The maximum Gasteiger partial charge on any atom is 0.344 e. The van der Waals surface area contributed by atoms with Crippen molar-refractivity contribution in [2.75, 3.05) is 6.61 Å². The van der Waals surface area contributed by atoms with Gasteiger partial charge in [0.05, 0.1) is 5.39 Å². The Labute approximate surface area is 182 Å². The number of nitrogens with zero attached hydrogens (tertiary/aromatic N) is 2. The Bertz CT molecular complexity index is 1190. The quantitative estimate of drug-likeness (QED) is 0.583. The van der Waals surface area contributed by atoms with Crippen molar-refractivity contribution in [3.8, 4) is 0 Å². The molecule has 0 aliphatic rings. The van der Waals surface area contributed by atoms with Crippen LogP contribution in [0.1, 0.15) is 28.5 Å². The first-order chi connectivity index (χ1) is 14.3. The van der Waals surface area contributed by atoms with Crippen LogP contribution in [0.3, 0.4) is 0 Å². The molecular weight excluding hydrogens is 429 g/mol. The molecule has 1 aromatic carbocycles. The summed E-state index contributed by atoms with van der Waals surface area (Å²) < 4.78 is 6.74. The van der Waals surface area contributed by atoms with Crippen LogP contribution < -0.4 is 10.7 Å². The van der Waals surface area contributed by atoms with E-state index in [2.05, 4.69) is 10.3 Å². The summed E-state index contributed by atoms with van der Waals surface area (Å²) in [5, 5.41) is 3.83. The van der Waals surface area contributed by atoms with Gasteiger partial charge in [0.2, 0.25) is 5.43 Å². The van der Waals surface area contributed by atoms with Crippen LogP contribution in [0.4, 0.5) is 0 Å². The minimum Gasteiger partial charge on any atom is -0.452 e. The summed E-state index contributed by atoms with van der Waals surface area (Å²) in [6, 6.07) is 8.25. The predicted octanol–water partition coefficient (Wildman–Crippen LogP) is 3.50. The second kappa shape index (κ2) is 9.28. The van der Waals surface area contributed by atoms with Crippen LogP contribution in [0.25, 0.3) is 11.0 Å². The second-order valence-corrected chi connectivity index (χ2v) is 7.41. The smallest absolute Gasteiger partial charge is 0.344 e. The van der Waals surface area contributed by atoms with E-state index < -0.39 is 23.9 Å². The number of ether oxygens (including phenoxy) is 1. The number of halogens is 2. The molecule has 0 saturated carbocycles. The number of pyridine rings is 2. The van der Waals surface area contributed by atoms with Crippen molar-refractivity contribution in [1.82, 2.24) is 14.9 Å². The van der Waals surface area contributed by atoms with Crippen molar-refractivity contribution in [3.63, 3.8) is 0 Å². The summed E-state index contributed by atoms with van der Waals surface area (Å²) >= 11 is 11.9. The molecule has 9 heteroatoms. The molecular formula is C21H19Cl2N3O4. The fraction of sp³-hybridized carbons (Fsp3) is 0.238. The first-order valence-corrected chi connectivity index (χ1v) is 9.94. The normalized spacial score (nSPS) is 10.8. The third kappa shape index (κ3) is 4.80. The molecule has 0 aliphatic heterocycles. The van der Waals surface area contributed by atoms with Gasteiger partial charge in [-0.15, -0.1) is 0 Å². The Morgan fingerprint density at radius 2 is 1.97 bits per heavy atom. The van der Waals surface area contributed by atoms with Crippen LogP contribution in [-0.4, -0.2) is 28.0 Å². The molecule has 0 radical (unpaired) electrons. The summed E-state index contributed by atoms with van der Waals surface area (Å²) in [4.78, 5) is 41.5. The van der Waals surface area contributed by atoms with E-state index in [1.807, 2.05) is 13.8 Å². The van der Waals surface area contributed by atoms with Crippen molar-refractivity contribution in [2.24, 2.45) is 0 Å². The van der Waals surface area contributed by atoms with Crippen LogP contribution in [0.5, 0.6) is 0 Å². The van der Waals surface area contributed by atoms with E-state index >= 15 is 0 Å². The molecule has 3 rings (SSSR count). The van der Waals surface area contributed by atoms with Gasteiger partial charge in [-0.1, -0.05) is 29.3 Å². The molecule has 3 aromatic rings. The standard InChI is InChI=1S/C21H19Cl2N3O4/c1-3-26-10-16(19(28)15-7-4-12(2)25-20(15)26)21(29)30-11-18(27)24-9-13-5-6-14(22)8-17(13)23/h4-8,10H,3,9,11H2,1-2H3,(H,24,27). The number of amides is 1. The van der Waals surface area contributed by atoms with E-state index in [1.54, 1.807) is 34.9 Å². The maximum atomic E-state index is 12.7. The van der Waals surface area contributed by atoms with Crippen LogP contribution in [0.15, 0.2) is 41.3 Å². The molecule has 0 fully saturated rings. The second-order valence-electron chi connectivity index (χ2n) is 6.57. The lowest BCUT2D eigenvalue weighted by Crippen LogP contribution is -2.30. The van der Waals surface area contributed by atoms with Crippen LogP contribution in [-0.2, 0) is 22.6 Å². The lowest BCUT2D eigenvalue weighted by molar-refractivity contribution is -0.124. The summed E-state index contributed by atoms with van der Waals surface area (Å²) in [5.41, 5.74) is 1.29. The van der Waals surface area contributed by atoms with Gasteiger partial charge < -0.3 is 14.6 Å². The lowest BCUT2D eigenvalue weighted by atomic mass is 10.2. The molecule has 2 heterocycles. The molecule has 1 amide bonds. The minimum atomic E-state index is -0.871. The first-order valence-electron chi connectivity index (χ1n) is 9.18. The fourth-order valence-corrected chi connectivity index (χ4v) is 3.34. The van der Waals surface area contributed by atoms with E-state index in [9.17, 15) is 14.4 Å². The highest BCUT2D eigenvalue weighted by Crippen LogP contribution is 2.20. The Kier molecular flexibility index (Phi) is 6.74. The number of fused-ring (bicyclic) bond motifs is 1. The van der Waals surface area contributed by atoms with Crippen molar-refractivity contribution in [1.29, 1.82) is 0 Å². The van der Waals surface area contributed by atoms with Crippen molar-refractivity contribution < 1.29 is 14.3 Å². The number of hydrogen-bond acceptors (Lipinski definition) is 5. The number of carbonyl (C=O) groups is 2. The van der Waals surface area contributed by atoms with Gasteiger partial charge in [-0.3, -0.25) is 9.59 Å².